The van der Waals surface area contributed by atoms with E-state index in [0.29, 0.717) is 5.69 Å². The fourth-order valence-corrected chi connectivity index (χ4v) is 3.01. The summed E-state index contributed by atoms with van der Waals surface area (Å²) in [6.45, 7) is 0. The SMILES string of the molecule is N#Cc1ncccc1S(=O)(=O)Nc1cccc(Br)c1. The Kier molecular flexibility index (Phi) is 3.83. The van der Waals surface area contributed by atoms with E-state index in [-0.39, 0.29) is 10.6 Å². The highest BCUT2D eigenvalue weighted by Gasteiger charge is 2.19. The van der Waals surface area contributed by atoms with E-state index in [2.05, 4.69) is 25.6 Å². The van der Waals surface area contributed by atoms with Crippen molar-refractivity contribution >= 4 is 31.6 Å². The van der Waals surface area contributed by atoms with Crippen molar-refractivity contribution in [3.63, 3.8) is 0 Å². The van der Waals surface area contributed by atoms with Crippen LogP contribution in [0.15, 0.2) is 52.0 Å². The van der Waals surface area contributed by atoms with Crippen molar-refractivity contribution in [2.45, 2.75) is 4.90 Å². The molecule has 2 aromatic rings. The summed E-state index contributed by atoms with van der Waals surface area (Å²) < 4.78 is 27.5. The molecule has 5 nitrogen and oxygen atoms in total. The Labute approximate surface area is 119 Å². The number of anilines is 1. The zero-order chi connectivity index (χ0) is 13.9. The maximum Gasteiger partial charge on any atom is 0.264 e. The van der Waals surface area contributed by atoms with Gasteiger partial charge in [-0.25, -0.2) is 13.4 Å². The largest absolute Gasteiger partial charge is 0.280 e. The lowest BCUT2D eigenvalue weighted by atomic mass is 10.3. The summed E-state index contributed by atoms with van der Waals surface area (Å²) in [5.74, 6) is 0. The zero-order valence-corrected chi connectivity index (χ0v) is 11.9. The van der Waals surface area contributed by atoms with E-state index < -0.39 is 10.0 Å². The number of aromatic nitrogens is 1. The van der Waals surface area contributed by atoms with Gasteiger partial charge >= 0.3 is 0 Å². The molecule has 1 heterocycles. The maximum absolute atomic E-state index is 12.2. The van der Waals surface area contributed by atoms with Crippen LogP contribution in [0.4, 0.5) is 5.69 Å². The van der Waals surface area contributed by atoms with Crippen LogP contribution in [-0.4, -0.2) is 13.4 Å². The molecule has 0 saturated carbocycles. The fraction of sp³-hybridized carbons (Fsp3) is 0. The van der Waals surface area contributed by atoms with Crippen LogP contribution in [0.2, 0.25) is 0 Å². The maximum atomic E-state index is 12.2. The summed E-state index contributed by atoms with van der Waals surface area (Å²) in [7, 11) is -3.83. The van der Waals surface area contributed by atoms with Crippen LogP contribution in [0.25, 0.3) is 0 Å². The molecular weight excluding hydrogens is 330 g/mol. The highest BCUT2D eigenvalue weighted by atomic mass is 79.9. The first-order valence-corrected chi connectivity index (χ1v) is 7.44. The number of pyridine rings is 1. The molecule has 1 N–H and O–H groups in total. The van der Waals surface area contributed by atoms with Crippen LogP contribution in [-0.2, 0) is 10.0 Å². The number of nitriles is 1. The van der Waals surface area contributed by atoms with E-state index in [1.165, 1.54) is 18.3 Å². The quantitative estimate of drug-likeness (QED) is 0.932. The van der Waals surface area contributed by atoms with Crippen LogP contribution < -0.4 is 4.72 Å². The summed E-state index contributed by atoms with van der Waals surface area (Å²) in [4.78, 5) is 3.59. The van der Waals surface area contributed by atoms with Gasteiger partial charge in [0, 0.05) is 16.4 Å². The van der Waals surface area contributed by atoms with Gasteiger partial charge in [0.05, 0.1) is 0 Å². The number of hydrogen-bond acceptors (Lipinski definition) is 4. The van der Waals surface area contributed by atoms with E-state index in [4.69, 9.17) is 5.26 Å². The number of hydrogen-bond donors (Lipinski definition) is 1. The average Bonchev–Trinajstić information content (AvgIpc) is 2.38. The molecule has 0 unspecified atom stereocenters. The van der Waals surface area contributed by atoms with E-state index in [9.17, 15) is 8.42 Å². The summed E-state index contributed by atoms with van der Waals surface area (Å²) in [6, 6.07) is 11.3. The molecule has 7 heteroatoms. The molecular formula is C12H8BrN3O2S. The van der Waals surface area contributed by atoms with Gasteiger partial charge in [0.1, 0.15) is 11.0 Å². The number of halogens is 1. The van der Waals surface area contributed by atoms with Crippen molar-refractivity contribution in [2.24, 2.45) is 0 Å². The van der Waals surface area contributed by atoms with E-state index in [1.54, 1.807) is 30.3 Å². The van der Waals surface area contributed by atoms with Crippen molar-refractivity contribution in [3.05, 3.63) is 52.8 Å². The van der Waals surface area contributed by atoms with Crippen molar-refractivity contribution in [1.29, 1.82) is 5.26 Å². The van der Waals surface area contributed by atoms with Crippen LogP contribution in [0.5, 0.6) is 0 Å². The van der Waals surface area contributed by atoms with E-state index >= 15 is 0 Å². The number of nitrogens with zero attached hydrogens (tertiary/aromatic N) is 2. The van der Waals surface area contributed by atoms with Crippen LogP contribution >= 0.6 is 15.9 Å². The number of benzene rings is 1. The molecule has 1 aromatic heterocycles. The molecule has 0 aliphatic rings. The molecule has 1 aromatic carbocycles. The first-order valence-electron chi connectivity index (χ1n) is 5.16. The average molecular weight is 338 g/mol. The molecule has 0 radical (unpaired) electrons. The van der Waals surface area contributed by atoms with E-state index in [1.807, 2.05) is 0 Å². The normalized spacial score (nSPS) is 10.7. The van der Waals surface area contributed by atoms with Gasteiger partial charge in [-0.1, -0.05) is 22.0 Å². The Balaban J connectivity index is 2.41. The summed E-state index contributed by atoms with van der Waals surface area (Å²) in [5, 5.41) is 8.88. The Hall–Kier alpha value is -1.91. The Bertz CT molecular complexity index is 754. The predicted molar refractivity (Wildman–Crippen MR) is 73.9 cm³/mol. The first kappa shape index (κ1) is 13.5. The minimum Gasteiger partial charge on any atom is -0.280 e. The van der Waals surface area contributed by atoms with Crippen molar-refractivity contribution in [1.82, 2.24) is 4.98 Å². The monoisotopic (exact) mass is 337 g/mol. The summed E-state index contributed by atoms with van der Waals surface area (Å²) in [5.41, 5.74) is 0.270. The molecule has 19 heavy (non-hydrogen) atoms. The second kappa shape index (κ2) is 5.38. The van der Waals surface area contributed by atoms with Gasteiger partial charge in [0.15, 0.2) is 5.69 Å². The minimum atomic E-state index is -3.83. The van der Waals surface area contributed by atoms with Crippen molar-refractivity contribution < 1.29 is 8.42 Å². The van der Waals surface area contributed by atoms with Gasteiger partial charge in [-0.3, -0.25) is 4.72 Å². The molecule has 0 aliphatic carbocycles. The van der Waals surface area contributed by atoms with Gasteiger partial charge in [-0.15, -0.1) is 0 Å². The smallest absolute Gasteiger partial charge is 0.264 e. The van der Waals surface area contributed by atoms with Crippen LogP contribution in [0.1, 0.15) is 5.69 Å². The third-order valence-corrected chi connectivity index (χ3v) is 4.15. The Morgan fingerprint density at radius 1 is 1.26 bits per heavy atom. The fourth-order valence-electron chi connectivity index (χ4n) is 1.45. The Morgan fingerprint density at radius 2 is 2.05 bits per heavy atom. The lowest BCUT2D eigenvalue weighted by Gasteiger charge is -2.08. The van der Waals surface area contributed by atoms with Crippen molar-refractivity contribution in [3.8, 4) is 6.07 Å². The third kappa shape index (κ3) is 3.10. The van der Waals surface area contributed by atoms with Gasteiger partial charge in [0.25, 0.3) is 10.0 Å². The third-order valence-electron chi connectivity index (χ3n) is 2.24. The number of nitrogens with one attached hydrogen (secondary N) is 1. The molecule has 0 bridgehead atoms. The minimum absolute atomic E-state index is 0.134. The molecule has 0 fully saturated rings. The topological polar surface area (TPSA) is 82.8 Å². The molecule has 0 amide bonds. The first-order chi connectivity index (χ1) is 9.03. The zero-order valence-electron chi connectivity index (χ0n) is 9.54. The predicted octanol–water partition coefficient (Wildman–Crippen LogP) is 2.52. The second-order valence-electron chi connectivity index (χ2n) is 3.58. The molecule has 0 aliphatic heterocycles. The standard InChI is InChI=1S/C12H8BrN3O2S/c13-9-3-1-4-10(7-9)16-19(17,18)12-5-2-6-15-11(12)8-14/h1-7,16H. The van der Waals surface area contributed by atoms with Gasteiger partial charge in [-0.05, 0) is 30.3 Å². The van der Waals surface area contributed by atoms with E-state index in [0.717, 1.165) is 4.47 Å². The van der Waals surface area contributed by atoms with Gasteiger partial charge in [-0.2, -0.15) is 5.26 Å². The molecule has 0 spiro atoms. The van der Waals surface area contributed by atoms with Crippen LogP contribution in [0, 0.1) is 11.3 Å². The Morgan fingerprint density at radius 3 is 2.74 bits per heavy atom. The lowest BCUT2D eigenvalue weighted by molar-refractivity contribution is 0.600. The molecule has 0 atom stereocenters. The molecule has 0 saturated heterocycles. The summed E-state index contributed by atoms with van der Waals surface area (Å²) in [6.07, 6.45) is 1.37. The van der Waals surface area contributed by atoms with Gasteiger partial charge < -0.3 is 0 Å². The number of sulfonamides is 1. The highest BCUT2D eigenvalue weighted by Crippen LogP contribution is 2.20. The van der Waals surface area contributed by atoms with Gasteiger partial charge in [0.2, 0.25) is 0 Å². The number of rotatable bonds is 3. The van der Waals surface area contributed by atoms with Crippen molar-refractivity contribution in [2.75, 3.05) is 4.72 Å². The molecule has 2 rings (SSSR count). The lowest BCUT2D eigenvalue weighted by Crippen LogP contribution is -2.14. The second-order valence-corrected chi connectivity index (χ2v) is 6.14. The molecule has 96 valence electrons. The van der Waals surface area contributed by atoms with Crippen LogP contribution in [0.3, 0.4) is 0 Å². The highest BCUT2D eigenvalue weighted by molar-refractivity contribution is 9.10. The summed E-state index contributed by atoms with van der Waals surface area (Å²) >= 11 is 3.25.